The third kappa shape index (κ3) is 1.20. The first-order valence-corrected chi connectivity index (χ1v) is 3.27. The van der Waals surface area contributed by atoms with Gasteiger partial charge in [0.05, 0.1) is 6.67 Å². The first-order valence-electron chi connectivity index (χ1n) is 3.27. The molecule has 47 valence electrons. The van der Waals surface area contributed by atoms with E-state index in [0.717, 1.165) is 12.6 Å². The van der Waals surface area contributed by atoms with Crippen molar-refractivity contribution in [3.05, 3.63) is 0 Å². The number of nitrogens with zero attached hydrogens (tertiary/aromatic N) is 1. The van der Waals surface area contributed by atoms with E-state index in [-0.39, 0.29) is 0 Å². The van der Waals surface area contributed by atoms with Crippen LogP contribution in [0, 0.1) is 0 Å². The normalized spacial score (nSPS) is 19.9. The summed E-state index contributed by atoms with van der Waals surface area (Å²) >= 11 is 0. The van der Waals surface area contributed by atoms with Crippen LogP contribution >= 0.6 is 0 Å². The fourth-order valence-corrected chi connectivity index (χ4v) is 0.939. The van der Waals surface area contributed by atoms with Gasteiger partial charge in [-0.05, 0) is 19.4 Å². The van der Waals surface area contributed by atoms with Crippen LogP contribution in [0.1, 0.15) is 19.8 Å². The Morgan fingerprint density at radius 1 is 1.62 bits per heavy atom. The average Bonchev–Trinajstić information content (AvgIpc) is 2.53. The molecule has 0 spiro atoms. The van der Waals surface area contributed by atoms with Crippen LogP contribution in [0.3, 0.4) is 0 Å². The fraction of sp³-hybridized carbons (Fsp3) is 1.00. The van der Waals surface area contributed by atoms with Crippen molar-refractivity contribution in [2.24, 2.45) is 0 Å². The van der Waals surface area contributed by atoms with Gasteiger partial charge in [-0.2, -0.15) is 0 Å². The molecule has 0 bridgehead atoms. The summed E-state index contributed by atoms with van der Waals surface area (Å²) in [6.45, 7) is 3.65. The maximum atomic E-state index is 7.06. The van der Waals surface area contributed by atoms with Gasteiger partial charge in [0.15, 0.2) is 0 Å². The summed E-state index contributed by atoms with van der Waals surface area (Å²) in [5.74, 6) is 0. The van der Waals surface area contributed by atoms with Crippen molar-refractivity contribution in [3.63, 3.8) is 0 Å². The summed E-state index contributed by atoms with van der Waals surface area (Å²) in [4.78, 5) is 2.19. The van der Waals surface area contributed by atoms with Crippen molar-refractivity contribution in [1.29, 1.82) is 0 Å². The molecule has 0 heterocycles. The highest BCUT2D eigenvalue weighted by molar-refractivity contribution is 4.82. The van der Waals surface area contributed by atoms with Crippen LogP contribution in [0.15, 0.2) is 0 Å². The first-order chi connectivity index (χ1) is 3.88. The number of hydrogen-bond donors (Lipinski definition) is 0. The second-order valence-electron chi connectivity index (χ2n) is 2.29. The molecule has 0 aromatic rings. The van der Waals surface area contributed by atoms with E-state index in [0.29, 0.717) is 6.67 Å². The third-order valence-corrected chi connectivity index (χ3v) is 1.67. The minimum absolute atomic E-state index is 0.487. The van der Waals surface area contributed by atoms with Crippen LogP contribution in [0.5, 0.6) is 0 Å². The Bertz CT molecular complexity index is 64.9. The van der Waals surface area contributed by atoms with Gasteiger partial charge in [0.1, 0.15) is 0 Å². The van der Waals surface area contributed by atoms with Crippen molar-refractivity contribution in [1.82, 2.24) is 10.6 Å². The van der Waals surface area contributed by atoms with Crippen molar-refractivity contribution < 1.29 is 0 Å². The van der Waals surface area contributed by atoms with Crippen LogP contribution in [0.2, 0.25) is 0 Å². The third-order valence-electron chi connectivity index (χ3n) is 1.67. The minimum Gasteiger partial charge on any atom is -0.287 e. The van der Waals surface area contributed by atoms with Gasteiger partial charge >= 0.3 is 0 Å². The van der Waals surface area contributed by atoms with Gasteiger partial charge in [0.25, 0.3) is 0 Å². The molecule has 8 heavy (non-hydrogen) atoms. The van der Waals surface area contributed by atoms with Gasteiger partial charge in [0, 0.05) is 6.04 Å². The van der Waals surface area contributed by atoms with Gasteiger partial charge < -0.3 is 0 Å². The Balaban J connectivity index is 2.15. The lowest BCUT2D eigenvalue weighted by Crippen LogP contribution is -2.27. The standard InChI is InChI=1S/C6H13N2/c1-2-8(5-7)6-3-4-6/h6-7H,2-5H2,1H3. The van der Waals surface area contributed by atoms with E-state index in [2.05, 4.69) is 11.8 Å². The van der Waals surface area contributed by atoms with Crippen molar-refractivity contribution in [2.45, 2.75) is 25.8 Å². The Labute approximate surface area is 50.7 Å². The maximum Gasteiger partial charge on any atom is 0.0617 e. The van der Waals surface area contributed by atoms with Crippen LogP contribution in [0.25, 0.3) is 0 Å². The van der Waals surface area contributed by atoms with Crippen LogP contribution in [-0.2, 0) is 0 Å². The average molecular weight is 113 g/mol. The molecule has 0 aromatic heterocycles. The molecule has 1 fully saturated rings. The minimum atomic E-state index is 0.487. The van der Waals surface area contributed by atoms with Crippen molar-refractivity contribution in [3.8, 4) is 0 Å². The van der Waals surface area contributed by atoms with E-state index < -0.39 is 0 Å². The Kier molecular flexibility index (Phi) is 1.86. The summed E-state index contributed by atoms with van der Waals surface area (Å²) in [6.07, 6.45) is 2.65. The molecule has 0 saturated heterocycles. The van der Waals surface area contributed by atoms with E-state index in [9.17, 15) is 0 Å². The van der Waals surface area contributed by atoms with Crippen molar-refractivity contribution in [2.75, 3.05) is 13.2 Å². The predicted octanol–water partition coefficient (Wildman–Crippen LogP) is 0.711. The van der Waals surface area contributed by atoms with Crippen LogP contribution in [0.4, 0.5) is 0 Å². The summed E-state index contributed by atoms with van der Waals surface area (Å²) in [5, 5.41) is 0. The Morgan fingerprint density at radius 2 is 2.25 bits per heavy atom. The zero-order valence-corrected chi connectivity index (χ0v) is 5.35. The van der Waals surface area contributed by atoms with E-state index in [1.807, 2.05) is 0 Å². The Hall–Kier alpha value is -0.0800. The molecule has 0 atom stereocenters. The van der Waals surface area contributed by atoms with Gasteiger partial charge in [-0.3, -0.25) is 4.90 Å². The largest absolute Gasteiger partial charge is 0.287 e. The van der Waals surface area contributed by atoms with Crippen LogP contribution < -0.4 is 5.73 Å². The molecule has 2 nitrogen and oxygen atoms in total. The lowest BCUT2D eigenvalue weighted by Gasteiger charge is -2.14. The molecule has 1 rings (SSSR count). The van der Waals surface area contributed by atoms with Crippen molar-refractivity contribution >= 4 is 0 Å². The predicted molar refractivity (Wildman–Crippen MR) is 33.4 cm³/mol. The number of rotatable bonds is 3. The SMILES string of the molecule is CCN(C[NH])C1CC1. The van der Waals surface area contributed by atoms with Gasteiger partial charge in [-0.25, -0.2) is 5.73 Å². The highest BCUT2D eigenvalue weighted by atomic mass is 15.2. The molecule has 0 unspecified atom stereocenters. The van der Waals surface area contributed by atoms with E-state index in [1.54, 1.807) is 0 Å². The smallest absolute Gasteiger partial charge is 0.0617 e. The zero-order chi connectivity index (χ0) is 5.98. The molecule has 0 aromatic carbocycles. The molecule has 1 aliphatic rings. The molecule has 1 saturated carbocycles. The summed E-state index contributed by atoms with van der Waals surface area (Å²) in [7, 11) is 0. The second kappa shape index (κ2) is 2.46. The number of hydrogen-bond acceptors (Lipinski definition) is 1. The van der Waals surface area contributed by atoms with Gasteiger partial charge in [0.2, 0.25) is 0 Å². The lowest BCUT2D eigenvalue weighted by atomic mass is 10.5. The molecule has 2 heteroatoms. The zero-order valence-electron chi connectivity index (χ0n) is 5.35. The summed E-state index contributed by atoms with van der Waals surface area (Å²) < 4.78 is 0. The van der Waals surface area contributed by atoms with Gasteiger partial charge in [-0.15, -0.1) is 0 Å². The van der Waals surface area contributed by atoms with E-state index in [4.69, 9.17) is 5.73 Å². The first kappa shape index (κ1) is 6.05. The lowest BCUT2D eigenvalue weighted by molar-refractivity contribution is 0.282. The highest BCUT2D eigenvalue weighted by Gasteiger charge is 2.26. The molecular weight excluding hydrogens is 100 g/mol. The van der Waals surface area contributed by atoms with Gasteiger partial charge in [-0.1, -0.05) is 6.92 Å². The highest BCUT2D eigenvalue weighted by Crippen LogP contribution is 2.25. The second-order valence-corrected chi connectivity index (χ2v) is 2.29. The van der Waals surface area contributed by atoms with E-state index >= 15 is 0 Å². The molecule has 1 N–H and O–H groups in total. The fourth-order valence-electron chi connectivity index (χ4n) is 0.939. The van der Waals surface area contributed by atoms with Crippen LogP contribution in [-0.4, -0.2) is 24.2 Å². The monoisotopic (exact) mass is 113 g/mol. The maximum absolute atomic E-state index is 7.06. The Morgan fingerprint density at radius 3 is 2.38 bits per heavy atom. The molecular formula is C6H13N2. The molecule has 1 radical (unpaired) electrons. The summed E-state index contributed by atoms with van der Waals surface area (Å²) in [6, 6.07) is 0.775. The quantitative estimate of drug-likeness (QED) is 0.529. The molecule has 0 aliphatic heterocycles. The molecule has 0 amide bonds. The number of nitrogens with one attached hydrogen (secondary N) is 1. The van der Waals surface area contributed by atoms with E-state index in [1.165, 1.54) is 12.8 Å². The topological polar surface area (TPSA) is 27.0 Å². The molecule has 1 aliphatic carbocycles. The summed E-state index contributed by atoms with van der Waals surface area (Å²) in [5.41, 5.74) is 7.06.